The number of nitrogens with zero attached hydrogens (tertiary/aromatic N) is 1. The standard InChI is InChI=1S/C15H12N2O4/c1-2-21-15(20)10(7-16)14(19)11-8-17-12-6-4-3-5-9(12)13(11)18/h3-6,8,10H,2H2,1H3,(H,17,18). The predicted octanol–water partition coefficient (Wildman–Crippen LogP) is 1.41. The number of Topliss-reactive ketones (excluding diaryl/α,β-unsaturated/α-hetero) is 1. The average Bonchev–Trinajstić information content (AvgIpc) is 2.48. The summed E-state index contributed by atoms with van der Waals surface area (Å²) in [6.45, 7) is 1.62. The summed E-state index contributed by atoms with van der Waals surface area (Å²) in [7, 11) is 0. The van der Waals surface area contributed by atoms with E-state index in [0.29, 0.717) is 10.9 Å². The van der Waals surface area contributed by atoms with Crippen molar-refractivity contribution in [3.8, 4) is 6.07 Å². The van der Waals surface area contributed by atoms with Gasteiger partial charge in [0.2, 0.25) is 5.92 Å². The van der Waals surface area contributed by atoms with Gasteiger partial charge in [0, 0.05) is 17.1 Å². The van der Waals surface area contributed by atoms with Crippen LogP contribution in [0.15, 0.2) is 35.3 Å². The van der Waals surface area contributed by atoms with Gasteiger partial charge in [0.15, 0.2) is 11.2 Å². The number of carbonyl (C=O) groups is 2. The molecule has 0 aliphatic rings. The topological polar surface area (TPSA) is 100 Å². The lowest BCUT2D eigenvalue weighted by Crippen LogP contribution is -2.29. The van der Waals surface area contributed by atoms with Crippen molar-refractivity contribution in [2.45, 2.75) is 6.92 Å². The van der Waals surface area contributed by atoms with E-state index in [9.17, 15) is 14.4 Å². The Morgan fingerprint density at radius 3 is 2.76 bits per heavy atom. The minimum atomic E-state index is -1.63. The number of para-hydroxylation sites is 1. The van der Waals surface area contributed by atoms with E-state index in [1.165, 1.54) is 6.20 Å². The molecule has 2 aromatic rings. The molecule has 106 valence electrons. The van der Waals surface area contributed by atoms with Gasteiger partial charge in [-0.05, 0) is 19.1 Å². The predicted molar refractivity (Wildman–Crippen MR) is 74.6 cm³/mol. The first-order valence-corrected chi connectivity index (χ1v) is 6.31. The average molecular weight is 284 g/mol. The number of aromatic amines is 1. The number of ether oxygens (including phenoxy) is 1. The summed E-state index contributed by atoms with van der Waals surface area (Å²) in [4.78, 5) is 38.9. The van der Waals surface area contributed by atoms with Crippen LogP contribution in [0.2, 0.25) is 0 Å². The van der Waals surface area contributed by atoms with Gasteiger partial charge in [0.25, 0.3) is 0 Å². The summed E-state index contributed by atoms with van der Waals surface area (Å²) < 4.78 is 4.67. The van der Waals surface area contributed by atoms with E-state index in [4.69, 9.17) is 5.26 Å². The number of pyridine rings is 1. The highest BCUT2D eigenvalue weighted by atomic mass is 16.5. The zero-order chi connectivity index (χ0) is 15.4. The van der Waals surface area contributed by atoms with E-state index in [1.54, 1.807) is 37.3 Å². The lowest BCUT2D eigenvalue weighted by atomic mass is 9.98. The van der Waals surface area contributed by atoms with Gasteiger partial charge in [0.1, 0.15) is 0 Å². The number of ketones is 1. The van der Waals surface area contributed by atoms with Crippen LogP contribution in [0, 0.1) is 17.2 Å². The van der Waals surface area contributed by atoms with Crippen LogP contribution >= 0.6 is 0 Å². The van der Waals surface area contributed by atoms with E-state index in [0.717, 1.165) is 0 Å². The second-order valence-corrected chi connectivity index (χ2v) is 4.26. The number of carbonyl (C=O) groups excluding carboxylic acids is 2. The zero-order valence-corrected chi connectivity index (χ0v) is 11.3. The fourth-order valence-corrected chi connectivity index (χ4v) is 1.95. The largest absolute Gasteiger partial charge is 0.465 e. The van der Waals surface area contributed by atoms with Crippen molar-refractivity contribution in [2.24, 2.45) is 5.92 Å². The summed E-state index contributed by atoms with van der Waals surface area (Å²) >= 11 is 0. The highest BCUT2D eigenvalue weighted by molar-refractivity contribution is 6.11. The van der Waals surface area contributed by atoms with Crippen LogP contribution in [0.5, 0.6) is 0 Å². The Morgan fingerprint density at radius 1 is 1.38 bits per heavy atom. The summed E-state index contributed by atoms with van der Waals surface area (Å²) in [6.07, 6.45) is 1.22. The summed E-state index contributed by atoms with van der Waals surface area (Å²) in [5.41, 5.74) is -0.170. The third-order valence-corrected chi connectivity index (χ3v) is 2.97. The van der Waals surface area contributed by atoms with Crippen molar-refractivity contribution in [1.82, 2.24) is 4.98 Å². The molecule has 1 N–H and O–H groups in total. The van der Waals surface area contributed by atoms with Crippen LogP contribution in [-0.2, 0) is 9.53 Å². The third kappa shape index (κ3) is 2.67. The highest BCUT2D eigenvalue weighted by Gasteiger charge is 2.30. The molecule has 0 aliphatic carbocycles. The Bertz CT molecular complexity index is 801. The number of hydrogen-bond acceptors (Lipinski definition) is 5. The fourth-order valence-electron chi connectivity index (χ4n) is 1.95. The fraction of sp³-hybridized carbons (Fsp3) is 0.200. The van der Waals surface area contributed by atoms with Gasteiger partial charge in [-0.15, -0.1) is 0 Å². The van der Waals surface area contributed by atoms with Gasteiger partial charge in [0.05, 0.1) is 18.2 Å². The van der Waals surface area contributed by atoms with E-state index >= 15 is 0 Å². The Hall–Kier alpha value is -2.94. The maximum Gasteiger partial charge on any atom is 0.331 e. The normalized spacial score (nSPS) is 11.6. The van der Waals surface area contributed by atoms with E-state index in [2.05, 4.69) is 9.72 Å². The number of nitriles is 1. The van der Waals surface area contributed by atoms with Crippen LogP contribution in [0.3, 0.4) is 0 Å². The first-order valence-electron chi connectivity index (χ1n) is 6.31. The van der Waals surface area contributed by atoms with Crippen molar-refractivity contribution in [3.63, 3.8) is 0 Å². The first kappa shape index (κ1) is 14.5. The monoisotopic (exact) mass is 284 g/mol. The minimum Gasteiger partial charge on any atom is -0.465 e. The lowest BCUT2D eigenvalue weighted by Gasteiger charge is -2.07. The van der Waals surface area contributed by atoms with Crippen LogP contribution in [-0.4, -0.2) is 23.3 Å². The molecular weight excluding hydrogens is 272 g/mol. The maximum atomic E-state index is 12.3. The second-order valence-electron chi connectivity index (χ2n) is 4.26. The molecule has 0 spiro atoms. The van der Waals surface area contributed by atoms with Crippen molar-refractivity contribution in [2.75, 3.05) is 6.61 Å². The number of hydrogen-bond donors (Lipinski definition) is 1. The van der Waals surface area contributed by atoms with Crippen LogP contribution in [0.25, 0.3) is 10.9 Å². The van der Waals surface area contributed by atoms with Gasteiger partial charge >= 0.3 is 5.97 Å². The zero-order valence-electron chi connectivity index (χ0n) is 11.3. The number of H-pyrrole nitrogens is 1. The van der Waals surface area contributed by atoms with Gasteiger partial charge in [-0.1, -0.05) is 12.1 Å². The van der Waals surface area contributed by atoms with Crippen LogP contribution in [0.1, 0.15) is 17.3 Å². The van der Waals surface area contributed by atoms with Gasteiger partial charge in [-0.25, -0.2) is 0 Å². The number of benzene rings is 1. The number of esters is 1. The molecule has 6 heteroatoms. The molecule has 21 heavy (non-hydrogen) atoms. The first-order chi connectivity index (χ1) is 10.1. The van der Waals surface area contributed by atoms with E-state index in [1.807, 2.05) is 0 Å². The van der Waals surface area contributed by atoms with Gasteiger partial charge < -0.3 is 9.72 Å². The molecule has 0 fully saturated rings. The molecule has 0 amide bonds. The molecule has 1 aromatic carbocycles. The van der Waals surface area contributed by atoms with Crippen molar-refractivity contribution >= 4 is 22.7 Å². The minimum absolute atomic E-state index is 0.0539. The Balaban J connectivity index is 2.49. The number of fused-ring (bicyclic) bond motifs is 1. The third-order valence-electron chi connectivity index (χ3n) is 2.97. The molecule has 6 nitrogen and oxygen atoms in total. The highest BCUT2D eigenvalue weighted by Crippen LogP contribution is 2.11. The van der Waals surface area contributed by atoms with Crippen molar-refractivity contribution in [1.29, 1.82) is 5.26 Å². The van der Waals surface area contributed by atoms with E-state index < -0.39 is 23.1 Å². The molecule has 1 aromatic heterocycles. The van der Waals surface area contributed by atoms with Gasteiger partial charge in [-0.2, -0.15) is 5.26 Å². The molecule has 1 atom stereocenters. The second kappa shape index (κ2) is 6.01. The molecule has 0 saturated carbocycles. The smallest absolute Gasteiger partial charge is 0.331 e. The SMILES string of the molecule is CCOC(=O)C(C#N)C(=O)c1c[nH]c2ccccc2c1=O. The Kier molecular flexibility index (Phi) is 4.14. The molecule has 0 radical (unpaired) electrons. The lowest BCUT2D eigenvalue weighted by molar-refractivity contribution is -0.144. The molecular formula is C15H12N2O4. The van der Waals surface area contributed by atoms with Crippen LogP contribution in [0.4, 0.5) is 0 Å². The summed E-state index contributed by atoms with van der Waals surface area (Å²) in [5, 5.41) is 9.30. The Labute approximate surface area is 120 Å². The Morgan fingerprint density at radius 2 is 2.10 bits per heavy atom. The van der Waals surface area contributed by atoms with Gasteiger partial charge in [-0.3, -0.25) is 14.4 Å². The number of aromatic nitrogens is 1. The number of rotatable bonds is 4. The molecule has 1 heterocycles. The van der Waals surface area contributed by atoms with E-state index in [-0.39, 0.29) is 12.2 Å². The maximum absolute atomic E-state index is 12.3. The molecule has 0 saturated heterocycles. The molecule has 1 unspecified atom stereocenters. The van der Waals surface area contributed by atoms with Crippen LogP contribution < -0.4 is 5.43 Å². The van der Waals surface area contributed by atoms with Crippen molar-refractivity contribution in [3.05, 3.63) is 46.2 Å². The number of nitrogens with one attached hydrogen (secondary N) is 1. The summed E-state index contributed by atoms with van der Waals surface area (Å²) in [6, 6.07) is 8.25. The quantitative estimate of drug-likeness (QED) is 0.520. The summed E-state index contributed by atoms with van der Waals surface area (Å²) in [5.74, 6) is -3.44. The van der Waals surface area contributed by atoms with Crippen molar-refractivity contribution < 1.29 is 14.3 Å². The molecule has 0 bridgehead atoms. The molecule has 0 aliphatic heterocycles. The molecule has 2 rings (SSSR count).